The monoisotopic (exact) mass is 468 g/mol. The first kappa shape index (κ1) is 21.8. The summed E-state index contributed by atoms with van der Waals surface area (Å²) in [7, 11) is 0. The lowest BCUT2D eigenvalue weighted by Gasteiger charge is -2.37. The fraction of sp³-hybridized carbons (Fsp3) is 0.348. The lowest BCUT2D eigenvalue weighted by molar-refractivity contribution is -0.142. The first-order chi connectivity index (χ1) is 16.6. The van der Waals surface area contributed by atoms with E-state index in [-0.39, 0.29) is 25.8 Å². The maximum Gasteiger partial charge on any atom is 0.325 e. The summed E-state index contributed by atoms with van der Waals surface area (Å²) in [6.45, 7) is 2.16. The minimum atomic E-state index is -0.761. The number of benzene rings is 2. The number of urea groups is 1. The standard InChI is InChI=1S/C23H24N4O7/c28-21(25-23(30)24-15-5-6-18-19(11-15)33-14-32-18)13-27-12-20(22(29)26-7-9-31-10-8-26)34-17-4-2-1-3-16(17)27/h1-6,11,20H,7-10,12-14H2,(H2,24,25,28,30)/t20-/m0/s1. The Morgan fingerprint density at radius 3 is 2.62 bits per heavy atom. The van der Waals surface area contributed by atoms with Crippen LogP contribution in [0, 0.1) is 0 Å². The summed E-state index contributed by atoms with van der Waals surface area (Å²) in [4.78, 5) is 41.5. The van der Waals surface area contributed by atoms with Crippen LogP contribution < -0.4 is 29.7 Å². The molecule has 11 heteroatoms. The highest BCUT2D eigenvalue weighted by atomic mass is 16.7. The number of rotatable bonds is 4. The second-order valence-corrected chi connectivity index (χ2v) is 7.96. The van der Waals surface area contributed by atoms with Crippen LogP contribution in [0.1, 0.15) is 0 Å². The molecule has 0 saturated carbocycles. The number of hydrogen-bond acceptors (Lipinski definition) is 8. The number of ether oxygens (including phenoxy) is 4. The molecule has 4 amide bonds. The van der Waals surface area contributed by atoms with Gasteiger partial charge in [0.15, 0.2) is 17.6 Å². The van der Waals surface area contributed by atoms with Crippen LogP contribution in [0.3, 0.4) is 0 Å². The molecule has 5 rings (SSSR count). The molecule has 1 fully saturated rings. The van der Waals surface area contributed by atoms with Crippen molar-refractivity contribution in [2.24, 2.45) is 0 Å². The summed E-state index contributed by atoms with van der Waals surface area (Å²) in [5, 5.41) is 4.93. The lowest BCUT2D eigenvalue weighted by Crippen LogP contribution is -2.54. The van der Waals surface area contributed by atoms with E-state index >= 15 is 0 Å². The van der Waals surface area contributed by atoms with Crippen molar-refractivity contribution in [3.05, 3.63) is 42.5 Å². The number of imide groups is 1. The van der Waals surface area contributed by atoms with E-state index in [0.29, 0.717) is 54.9 Å². The third kappa shape index (κ3) is 4.69. The van der Waals surface area contributed by atoms with Crippen molar-refractivity contribution in [2.45, 2.75) is 6.10 Å². The number of anilines is 2. The lowest BCUT2D eigenvalue weighted by atomic mass is 10.1. The molecule has 11 nitrogen and oxygen atoms in total. The molecule has 0 spiro atoms. The topological polar surface area (TPSA) is 119 Å². The van der Waals surface area contributed by atoms with E-state index in [1.807, 2.05) is 12.1 Å². The highest BCUT2D eigenvalue weighted by Gasteiger charge is 2.34. The van der Waals surface area contributed by atoms with Crippen LogP contribution in [-0.2, 0) is 14.3 Å². The largest absolute Gasteiger partial charge is 0.477 e. The molecule has 0 aromatic heterocycles. The third-order valence-corrected chi connectivity index (χ3v) is 5.68. The second-order valence-electron chi connectivity index (χ2n) is 7.96. The van der Waals surface area contributed by atoms with E-state index in [9.17, 15) is 14.4 Å². The molecule has 3 aliphatic heterocycles. The van der Waals surface area contributed by atoms with Gasteiger partial charge in [-0.2, -0.15) is 0 Å². The van der Waals surface area contributed by atoms with E-state index in [4.69, 9.17) is 18.9 Å². The number of morpholine rings is 1. The molecule has 2 aromatic carbocycles. The van der Waals surface area contributed by atoms with E-state index in [1.165, 1.54) is 0 Å². The molecule has 0 aliphatic carbocycles. The predicted molar refractivity (Wildman–Crippen MR) is 120 cm³/mol. The van der Waals surface area contributed by atoms with Gasteiger partial charge < -0.3 is 34.1 Å². The fourth-order valence-corrected chi connectivity index (χ4v) is 4.05. The minimum Gasteiger partial charge on any atom is -0.477 e. The first-order valence-electron chi connectivity index (χ1n) is 10.9. The molecule has 1 atom stereocenters. The molecule has 3 heterocycles. The Kier molecular flexibility index (Phi) is 6.09. The number of fused-ring (bicyclic) bond motifs is 2. The van der Waals surface area contributed by atoms with Crippen LogP contribution in [0.4, 0.5) is 16.2 Å². The molecule has 178 valence electrons. The van der Waals surface area contributed by atoms with E-state index in [1.54, 1.807) is 40.1 Å². The van der Waals surface area contributed by atoms with Crippen LogP contribution >= 0.6 is 0 Å². The number of hydrogen-bond donors (Lipinski definition) is 2. The Labute approximate surface area is 195 Å². The van der Waals surface area contributed by atoms with E-state index < -0.39 is 18.0 Å². The predicted octanol–water partition coefficient (Wildman–Crippen LogP) is 1.19. The molecule has 1 saturated heterocycles. The molecule has 2 aromatic rings. The number of nitrogens with one attached hydrogen (secondary N) is 2. The normalized spacial score (nSPS) is 18.5. The fourth-order valence-electron chi connectivity index (χ4n) is 4.05. The molecular weight excluding hydrogens is 444 g/mol. The van der Waals surface area contributed by atoms with E-state index in [0.717, 1.165) is 0 Å². The Hall–Kier alpha value is -3.99. The van der Waals surface area contributed by atoms with Crippen molar-refractivity contribution in [2.75, 3.05) is 56.4 Å². The number of amides is 4. The quantitative estimate of drug-likeness (QED) is 0.687. The zero-order valence-corrected chi connectivity index (χ0v) is 18.3. The number of carbonyl (C=O) groups is 3. The summed E-state index contributed by atoms with van der Waals surface area (Å²) >= 11 is 0. The number of para-hydroxylation sites is 2. The third-order valence-electron chi connectivity index (χ3n) is 5.68. The van der Waals surface area contributed by atoms with Gasteiger partial charge in [-0.1, -0.05) is 12.1 Å². The van der Waals surface area contributed by atoms with Crippen molar-refractivity contribution < 1.29 is 33.3 Å². The maximum atomic E-state index is 13.0. The Morgan fingerprint density at radius 2 is 1.76 bits per heavy atom. The van der Waals surface area contributed by atoms with Crippen LogP contribution in [0.2, 0.25) is 0 Å². The Bertz CT molecular complexity index is 1100. The highest BCUT2D eigenvalue weighted by Crippen LogP contribution is 2.35. The molecule has 0 unspecified atom stereocenters. The average molecular weight is 468 g/mol. The van der Waals surface area contributed by atoms with Gasteiger partial charge in [0.25, 0.3) is 5.91 Å². The van der Waals surface area contributed by atoms with Gasteiger partial charge in [-0.05, 0) is 24.3 Å². The van der Waals surface area contributed by atoms with Crippen molar-refractivity contribution in [3.8, 4) is 17.2 Å². The van der Waals surface area contributed by atoms with Gasteiger partial charge in [-0.3, -0.25) is 14.9 Å². The van der Waals surface area contributed by atoms with Crippen LogP contribution in [-0.4, -0.2) is 75.0 Å². The molecular formula is C23H24N4O7. The van der Waals surface area contributed by atoms with E-state index in [2.05, 4.69) is 10.6 Å². The van der Waals surface area contributed by atoms with Gasteiger partial charge in [0.1, 0.15) is 5.75 Å². The van der Waals surface area contributed by atoms with Crippen molar-refractivity contribution in [1.82, 2.24) is 10.2 Å². The van der Waals surface area contributed by atoms with Gasteiger partial charge in [-0.25, -0.2) is 4.79 Å². The first-order valence-corrected chi connectivity index (χ1v) is 10.9. The van der Waals surface area contributed by atoms with Crippen LogP contribution in [0.25, 0.3) is 0 Å². The average Bonchev–Trinajstić information content (AvgIpc) is 3.32. The number of carbonyl (C=O) groups excluding carboxylic acids is 3. The summed E-state index contributed by atoms with van der Waals surface area (Å²) in [5.74, 6) is 0.952. The Balaban J connectivity index is 1.22. The minimum absolute atomic E-state index is 0.123. The molecule has 3 aliphatic rings. The summed E-state index contributed by atoms with van der Waals surface area (Å²) in [5.41, 5.74) is 1.14. The smallest absolute Gasteiger partial charge is 0.325 e. The summed E-state index contributed by atoms with van der Waals surface area (Å²) < 4.78 is 21.8. The Morgan fingerprint density at radius 1 is 0.971 bits per heavy atom. The van der Waals surface area contributed by atoms with Crippen molar-refractivity contribution >= 4 is 29.2 Å². The highest BCUT2D eigenvalue weighted by molar-refractivity contribution is 6.02. The van der Waals surface area contributed by atoms with Crippen molar-refractivity contribution in [1.29, 1.82) is 0 Å². The molecule has 0 radical (unpaired) electrons. The molecule has 0 bridgehead atoms. The zero-order valence-electron chi connectivity index (χ0n) is 18.3. The van der Waals surface area contributed by atoms with Crippen LogP contribution in [0.15, 0.2) is 42.5 Å². The second kappa shape index (κ2) is 9.48. The SMILES string of the molecule is O=C(CN1C[C@@H](C(=O)N2CCOCC2)Oc2ccccc21)NC(=O)Nc1ccc2c(c1)OCO2. The zero-order chi connectivity index (χ0) is 23.5. The van der Waals surface area contributed by atoms with Gasteiger partial charge in [0.05, 0.1) is 32.0 Å². The summed E-state index contributed by atoms with van der Waals surface area (Å²) in [6.07, 6.45) is -0.761. The van der Waals surface area contributed by atoms with Crippen LogP contribution in [0.5, 0.6) is 17.2 Å². The maximum absolute atomic E-state index is 13.0. The molecule has 2 N–H and O–H groups in total. The van der Waals surface area contributed by atoms with Crippen molar-refractivity contribution in [3.63, 3.8) is 0 Å². The van der Waals surface area contributed by atoms with Gasteiger partial charge in [-0.15, -0.1) is 0 Å². The summed E-state index contributed by atoms with van der Waals surface area (Å²) in [6, 6.07) is 11.5. The van der Waals surface area contributed by atoms with Gasteiger partial charge in [0.2, 0.25) is 12.7 Å². The van der Waals surface area contributed by atoms with Gasteiger partial charge >= 0.3 is 6.03 Å². The molecule has 34 heavy (non-hydrogen) atoms. The number of nitrogens with zero attached hydrogens (tertiary/aromatic N) is 2. The van der Waals surface area contributed by atoms with Gasteiger partial charge in [0, 0.05) is 24.8 Å².